The summed E-state index contributed by atoms with van der Waals surface area (Å²) in [5.74, 6) is -0.793. The van der Waals surface area contributed by atoms with E-state index in [1.807, 2.05) is 0 Å². The molecule has 0 amide bonds. The van der Waals surface area contributed by atoms with Crippen molar-refractivity contribution < 1.29 is 9.13 Å². The third kappa shape index (κ3) is 2.65. The Kier molecular flexibility index (Phi) is 3.44. The number of aromatic amines is 1. The van der Waals surface area contributed by atoms with Gasteiger partial charge in [-0.25, -0.2) is 9.37 Å². The molecule has 0 unspecified atom stereocenters. The fourth-order valence-electron chi connectivity index (χ4n) is 1.10. The van der Waals surface area contributed by atoms with E-state index in [9.17, 15) is 9.18 Å². The number of rotatable bonds is 2. The van der Waals surface area contributed by atoms with Crippen molar-refractivity contribution in [1.82, 2.24) is 9.97 Å². The fraction of sp³-hybridized carbons (Fsp3) is 0. The van der Waals surface area contributed by atoms with Crippen molar-refractivity contribution in [2.45, 2.75) is 0 Å². The Balaban J connectivity index is 2.41. The molecule has 7 heteroatoms. The average Bonchev–Trinajstić information content (AvgIpc) is 2.30. The lowest BCUT2D eigenvalue weighted by Crippen LogP contribution is -2.08. The summed E-state index contributed by atoms with van der Waals surface area (Å²) in [6.45, 7) is 0. The molecule has 4 nitrogen and oxygen atoms in total. The molecule has 17 heavy (non-hydrogen) atoms. The van der Waals surface area contributed by atoms with Crippen molar-refractivity contribution in [2.75, 3.05) is 0 Å². The Morgan fingerprint density at radius 1 is 1.47 bits per heavy atom. The van der Waals surface area contributed by atoms with Crippen LogP contribution in [0.3, 0.4) is 0 Å². The second-order valence-corrected chi connectivity index (χ2v) is 4.32. The average molecular weight is 320 g/mol. The Morgan fingerprint density at radius 2 is 2.24 bits per heavy atom. The van der Waals surface area contributed by atoms with Crippen LogP contribution in [-0.4, -0.2) is 9.97 Å². The molecule has 0 saturated heterocycles. The lowest BCUT2D eigenvalue weighted by molar-refractivity contribution is 0.425. The van der Waals surface area contributed by atoms with Gasteiger partial charge in [-0.3, -0.25) is 4.79 Å². The molecular weight excluding hydrogens is 314 g/mol. The molecule has 0 radical (unpaired) electrons. The van der Waals surface area contributed by atoms with Gasteiger partial charge in [-0.2, -0.15) is 0 Å². The van der Waals surface area contributed by atoms with Crippen LogP contribution in [0.25, 0.3) is 0 Å². The van der Waals surface area contributed by atoms with Crippen molar-refractivity contribution in [3.63, 3.8) is 0 Å². The van der Waals surface area contributed by atoms with Gasteiger partial charge in [-0.05, 0) is 18.2 Å². The number of H-pyrrole nitrogens is 1. The lowest BCUT2D eigenvalue weighted by atomic mass is 10.3. The van der Waals surface area contributed by atoms with E-state index in [0.29, 0.717) is 4.47 Å². The standard InChI is InChI=1S/C10H5BrClFN2O2/c11-5-1-2-6(13)7(3-5)17-10-8(12)9(16)14-4-15-10/h1-4H,(H,14,15,16). The zero-order valence-corrected chi connectivity index (χ0v) is 10.5. The van der Waals surface area contributed by atoms with Gasteiger partial charge in [0.2, 0.25) is 5.88 Å². The highest BCUT2D eigenvalue weighted by molar-refractivity contribution is 9.10. The second kappa shape index (κ2) is 4.85. The van der Waals surface area contributed by atoms with Crippen LogP contribution in [0.1, 0.15) is 0 Å². The molecule has 1 N–H and O–H groups in total. The van der Waals surface area contributed by atoms with E-state index in [1.54, 1.807) is 0 Å². The van der Waals surface area contributed by atoms with E-state index in [-0.39, 0.29) is 16.7 Å². The van der Waals surface area contributed by atoms with E-state index in [4.69, 9.17) is 16.3 Å². The van der Waals surface area contributed by atoms with Crippen LogP contribution >= 0.6 is 27.5 Å². The molecule has 0 spiro atoms. The van der Waals surface area contributed by atoms with Crippen molar-refractivity contribution >= 4 is 27.5 Å². The quantitative estimate of drug-likeness (QED) is 0.925. The van der Waals surface area contributed by atoms with Crippen molar-refractivity contribution in [3.05, 3.63) is 50.2 Å². The summed E-state index contributed by atoms with van der Waals surface area (Å²) >= 11 is 8.84. The minimum Gasteiger partial charge on any atom is -0.434 e. The molecule has 0 aliphatic heterocycles. The van der Waals surface area contributed by atoms with Crippen LogP contribution in [0.4, 0.5) is 4.39 Å². The van der Waals surface area contributed by atoms with E-state index in [1.165, 1.54) is 18.2 Å². The van der Waals surface area contributed by atoms with Gasteiger partial charge in [-0.1, -0.05) is 27.5 Å². The van der Waals surface area contributed by atoms with Gasteiger partial charge in [0.1, 0.15) is 0 Å². The Hall–Kier alpha value is -1.40. The van der Waals surface area contributed by atoms with Gasteiger partial charge in [0, 0.05) is 4.47 Å². The summed E-state index contributed by atoms with van der Waals surface area (Å²) < 4.78 is 19.2. The molecule has 1 heterocycles. The van der Waals surface area contributed by atoms with E-state index < -0.39 is 11.4 Å². The van der Waals surface area contributed by atoms with Gasteiger partial charge in [-0.15, -0.1) is 0 Å². The smallest absolute Gasteiger partial charge is 0.273 e. The summed E-state index contributed by atoms with van der Waals surface area (Å²) in [7, 11) is 0. The number of ether oxygens (including phenoxy) is 1. The van der Waals surface area contributed by atoms with Gasteiger partial charge in [0.05, 0.1) is 6.33 Å². The maximum absolute atomic E-state index is 13.4. The van der Waals surface area contributed by atoms with Crippen molar-refractivity contribution in [1.29, 1.82) is 0 Å². The normalized spacial score (nSPS) is 10.3. The van der Waals surface area contributed by atoms with Crippen LogP contribution in [0, 0.1) is 5.82 Å². The highest BCUT2D eigenvalue weighted by atomic mass is 79.9. The minimum atomic E-state index is -0.577. The molecule has 0 saturated carbocycles. The first-order chi connectivity index (χ1) is 8.08. The molecule has 2 rings (SSSR count). The molecule has 2 aromatic rings. The summed E-state index contributed by atoms with van der Waals surface area (Å²) in [5, 5.41) is -0.230. The first-order valence-corrected chi connectivity index (χ1v) is 5.61. The summed E-state index contributed by atoms with van der Waals surface area (Å²) in [6, 6.07) is 4.16. The summed E-state index contributed by atoms with van der Waals surface area (Å²) in [5.41, 5.74) is -0.549. The van der Waals surface area contributed by atoms with Crippen LogP contribution in [0.15, 0.2) is 33.8 Å². The predicted octanol–water partition coefficient (Wildman–Crippen LogP) is 3.12. The van der Waals surface area contributed by atoms with Crippen molar-refractivity contribution in [3.8, 4) is 11.6 Å². The molecule has 0 aliphatic carbocycles. The van der Waals surface area contributed by atoms with Crippen LogP contribution in [0.2, 0.25) is 5.02 Å². The van der Waals surface area contributed by atoms with E-state index >= 15 is 0 Å². The molecule has 1 aromatic carbocycles. The molecule has 0 bridgehead atoms. The molecule has 88 valence electrons. The molecule has 0 fully saturated rings. The number of nitrogens with zero attached hydrogens (tertiary/aromatic N) is 1. The first-order valence-electron chi connectivity index (χ1n) is 4.44. The SMILES string of the molecule is O=c1[nH]cnc(Oc2cc(Br)ccc2F)c1Cl. The molecule has 1 aromatic heterocycles. The zero-order chi connectivity index (χ0) is 12.4. The predicted molar refractivity (Wildman–Crippen MR) is 64.0 cm³/mol. The van der Waals surface area contributed by atoms with Crippen LogP contribution in [0.5, 0.6) is 11.6 Å². The van der Waals surface area contributed by atoms with Crippen LogP contribution < -0.4 is 10.3 Å². The second-order valence-electron chi connectivity index (χ2n) is 3.03. The first kappa shape index (κ1) is 12.1. The van der Waals surface area contributed by atoms with E-state index in [0.717, 1.165) is 6.33 Å². The fourth-order valence-corrected chi connectivity index (χ4v) is 1.58. The Labute approximate surface area is 109 Å². The Morgan fingerprint density at radius 3 is 3.00 bits per heavy atom. The van der Waals surface area contributed by atoms with E-state index in [2.05, 4.69) is 25.9 Å². The van der Waals surface area contributed by atoms with Crippen molar-refractivity contribution in [2.24, 2.45) is 0 Å². The monoisotopic (exact) mass is 318 g/mol. The number of hydrogen-bond donors (Lipinski definition) is 1. The summed E-state index contributed by atoms with van der Waals surface area (Å²) in [4.78, 5) is 17.2. The number of hydrogen-bond acceptors (Lipinski definition) is 3. The van der Waals surface area contributed by atoms with Gasteiger partial charge in [0.25, 0.3) is 5.56 Å². The number of benzene rings is 1. The lowest BCUT2D eigenvalue weighted by Gasteiger charge is -2.06. The van der Waals surface area contributed by atoms with Gasteiger partial charge < -0.3 is 9.72 Å². The minimum absolute atomic E-state index is 0.0700. The largest absolute Gasteiger partial charge is 0.434 e. The molecule has 0 atom stereocenters. The highest BCUT2D eigenvalue weighted by Gasteiger charge is 2.11. The van der Waals surface area contributed by atoms with Gasteiger partial charge in [0.15, 0.2) is 16.6 Å². The molecular formula is C10H5BrClFN2O2. The topological polar surface area (TPSA) is 55.0 Å². The third-order valence-electron chi connectivity index (χ3n) is 1.86. The molecule has 0 aliphatic rings. The van der Waals surface area contributed by atoms with Gasteiger partial charge >= 0.3 is 0 Å². The summed E-state index contributed by atoms with van der Waals surface area (Å²) in [6.07, 6.45) is 1.12. The highest BCUT2D eigenvalue weighted by Crippen LogP contribution is 2.28. The maximum atomic E-state index is 13.4. The zero-order valence-electron chi connectivity index (χ0n) is 8.21. The van der Waals surface area contributed by atoms with Crippen LogP contribution in [-0.2, 0) is 0 Å². The number of halogens is 3. The third-order valence-corrected chi connectivity index (χ3v) is 2.69. The maximum Gasteiger partial charge on any atom is 0.273 e. The number of aromatic nitrogens is 2. The Bertz CT molecular complexity index is 617. The number of nitrogens with one attached hydrogen (secondary N) is 1.